The van der Waals surface area contributed by atoms with Crippen molar-refractivity contribution in [1.82, 2.24) is 9.80 Å². The molecular weight excluding hydrogens is 236 g/mol. The van der Waals surface area contributed by atoms with Gasteiger partial charge in [0.25, 0.3) is 0 Å². The van der Waals surface area contributed by atoms with Crippen LogP contribution in [0.4, 0.5) is 0 Å². The van der Waals surface area contributed by atoms with Gasteiger partial charge in [0, 0.05) is 39.1 Å². The van der Waals surface area contributed by atoms with E-state index in [1.165, 1.54) is 5.56 Å². The second-order valence-electron chi connectivity index (χ2n) is 4.84. The highest BCUT2D eigenvalue weighted by Gasteiger charge is 2.18. The largest absolute Gasteiger partial charge is 0.342 e. The predicted molar refractivity (Wildman–Crippen MR) is 78.8 cm³/mol. The molecule has 0 unspecified atom stereocenters. The molecule has 1 aromatic rings. The van der Waals surface area contributed by atoms with Crippen LogP contribution in [0.15, 0.2) is 36.4 Å². The van der Waals surface area contributed by atoms with Crippen molar-refractivity contribution in [2.45, 2.75) is 13.3 Å². The fourth-order valence-corrected chi connectivity index (χ4v) is 2.33. The molecule has 1 aliphatic heterocycles. The Balaban J connectivity index is 1.83. The van der Waals surface area contributed by atoms with Gasteiger partial charge in [0.2, 0.25) is 5.91 Å². The monoisotopic (exact) mass is 258 g/mol. The van der Waals surface area contributed by atoms with Crippen LogP contribution >= 0.6 is 0 Å². The molecule has 0 saturated carbocycles. The first-order chi connectivity index (χ1) is 9.29. The molecule has 0 radical (unpaired) electrons. The lowest BCUT2D eigenvalue weighted by Crippen LogP contribution is -2.33. The Labute approximate surface area is 115 Å². The van der Waals surface area contributed by atoms with Gasteiger partial charge in [-0.2, -0.15) is 0 Å². The molecule has 1 aromatic carbocycles. The summed E-state index contributed by atoms with van der Waals surface area (Å²) in [6.45, 7) is 6.48. The molecule has 1 saturated heterocycles. The first kappa shape index (κ1) is 13.8. The van der Waals surface area contributed by atoms with Crippen molar-refractivity contribution in [1.29, 1.82) is 0 Å². The predicted octanol–water partition coefficient (Wildman–Crippen LogP) is 2.25. The highest BCUT2D eigenvalue weighted by molar-refractivity contribution is 5.76. The molecule has 2 rings (SSSR count). The number of carbonyl (C=O) groups excluding carboxylic acids is 1. The Hall–Kier alpha value is -1.61. The maximum Gasteiger partial charge on any atom is 0.223 e. The van der Waals surface area contributed by atoms with Gasteiger partial charge in [0.05, 0.1) is 0 Å². The minimum Gasteiger partial charge on any atom is -0.342 e. The summed E-state index contributed by atoms with van der Waals surface area (Å²) in [6.07, 6.45) is 4.97. The lowest BCUT2D eigenvalue weighted by atomic mass is 10.2. The van der Waals surface area contributed by atoms with Gasteiger partial charge in [-0.05, 0) is 12.5 Å². The zero-order chi connectivity index (χ0) is 13.5. The summed E-state index contributed by atoms with van der Waals surface area (Å²) < 4.78 is 0. The topological polar surface area (TPSA) is 23.6 Å². The van der Waals surface area contributed by atoms with E-state index in [2.05, 4.69) is 29.2 Å². The molecule has 0 bridgehead atoms. The van der Waals surface area contributed by atoms with E-state index in [0.717, 1.165) is 32.7 Å². The summed E-state index contributed by atoms with van der Waals surface area (Å²) in [4.78, 5) is 16.1. The van der Waals surface area contributed by atoms with Gasteiger partial charge in [-0.25, -0.2) is 0 Å². The summed E-state index contributed by atoms with van der Waals surface area (Å²) in [7, 11) is 0. The van der Waals surface area contributed by atoms with E-state index >= 15 is 0 Å². The number of hydrogen-bond donors (Lipinski definition) is 0. The molecule has 1 fully saturated rings. The second-order valence-corrected chi connectivity index (χ2v) is 4.84. The Bertz CT molecular complexity index is 428. The normalized spacial score (nSPS) is 17.9. The first-order valence-electron chi connectivity index (χ1n) is 7.01. The third kappa shape index (κ3) is 4.21. The van der Waals surface area contributed by atoms with Gasteiger partial charge in [-0.3, -0.25) is 9.69 Å². The Morgan fingerprint density at radius 2 is 1.95 bits per heavy atom. The van der Waals surface area contributed by atoms with Crippen molar-refractivity contribution in [2.24, 2.45) is 0 Å². The second kappa shape index (κ2) is 7.10. The minimum atomic E-state index is 0.289. The van der Waals surface area contributed by atoms with Crippen LogP contribution in [0.5, 0.6) is 0 Å². The molecule has 102 valence electrons. The van der Waals surface area contributed by atoms with Gasteiger partial charge in [0.1, 0.15) is 0 Å². The standard InChI is InChI=1S/C16H22N2O/c1-2-18-14-13-17(12-10-16(18)19)11-6-9-15-7-4-3-5-8-15/h3-9H,2,10-14H2,1H3. The Morgan fingerprint density at radius 3 is 2.68 bits per heavy atom. The molecule has 0 atom stereocenters. The van der Waals surface area contributed by atoms with Crippen molar-refractivity contribution in [3.63, 3.8) is 0 Å². The quantitative estimate of drug-likeness (QED) is 0.827. The molecule has 0 N–H and O–H groups in total. The molecule has 19 heavy (non-hydrogen) atoms. The summed E-state index contributed by atoms with van der Waals surface area (Å²) in [5, 5.41) is 0. The average molecular weight is 258 g/mol. The zero-order valence-corrected chi connectivity index (χ0v) is 11.6. The third-order valence-corrected chi connectivity index (χ3v) is 3.54. The molecule has 3 heteroatoms. The Kier molecular flexibility index (Phi) is 5.16. The van der Waals surface area contributed by atoms with Crippen LogP contribution in [0.3, 0.4) is 0 Å². The fourth-order valence-electron chi connectivity index (χ4n) is 2.33. The third-order valence-electron chi connectivity index (χ3n) is 3.54. The number of amides is 1. The molecular formula is C16H22N2O. The number of hydrogen-bond acceptors (Lipinski definition) is 2. The van der Waals surface area contributed by atoms with Crippen LogP contribution in [0.25, 0.3) is 6.08 Å². The number of rotatable bonds is 4. The average Bonchev–Trinajstić information content (AvgIpc) is 2.62. The van der Waals surface area contributed by atoms with Gasteiger partial charge < -0.3 is 4.90 Å². The van der Waals surface area contributed by atoms with Crippen LogP contribution in [-0.2, 0) is 4.79 Å². The van der Waals surface area contributed by atoms with E-state index in [4.69, 9.17) is 0 Å². The van der Waals surface area contributed by atoms with E-state index in [1.807, 2.05) is 30.0 Å². The smallest absolute Gasteiger partial charge is 0.223 e. The molecule has 0 aliphatic carbocycles. The van der Waals surface area contributed by atoms with Gasteiger partial charge in [-0.15, -0.1) is 0 Å². The van der Waals surface area contributed by atoms with Gasteiger partial charge in [0.15, 0.2) is 0 Å². The maximum atomic E-state index is 11.8. The van der Waals surface area contributed by atoms with Crippen molar-refractivity contribution >= 4 is 12.0 Å². The fraction of sp³-hybridized carbons (Fsp3) is 0.438. The van der Waals surface area contributed by atoms with Crippen molar-refractivity contribution in [2.75, 3.05) is 32.7 Å². The van der Waals surface area contributed by atoms with Crippen LogP contribution in [-0.4, -0.2) is 48.4 Å². The first-order valence-corrected chi connectivity index (χ1v) is 7.01. The van der Waals surface area contributed by atoms with Crippen molar-refractivity contribution in [3.8, 4) is 0 Å². The van der Waals surface area contributed by atoms with Crippen LogP contribution in [0.1, 0.15) is 18.9 Å². The van der Waals surface area contributed by atoms with Crippen molar-refractivity contribution in [3.05, 3.63) is 42.0 Å². The Morgan fingerprint density at radius 1 is 1.16 bits per heavy atom. The number of carbonyl (C=O) groups is 1. The van der Waals surface area contributed by atoms with Gasteiger partial charge in [-0.1, -0.05) is 42.5 Å². The molecule has 3 nitrogen and oxygen atoms in total. The lowest BCUT2D eigenvalue weighted by Gasteiger charge is -2.19. The van der Waals surface area contributed by atoms with Crippen LogP contribution in [0.2, 0.25) is 0 Å². The van der Waals surface area contributed by atoms with Crippen molar-refractivity contribution < 1.29 is 4.79 Å². The van der Waals surface area contributed by atoms with Crippen LogP contribution < -0.4 is 0 Å². The number of benzene rings is 1. The van der Waals surface area contributed by atoms with Crippen LogP contribution in [0, 0.1) is 0 Å². The number of likely N-dealkylation sites (N-methyl/N-ethyl adjacent to an activating group) is 1. The lowest BCUT2D eigenvalue weighted by molar-refractivity contribution is -0.130. The molecule has 1 amide bonds. The van der Waals surface area contributed by atoms with E-state index in [1.54, 1.807) is 0 Å². The van der Waals surface area contributed by atoms with Gasteiger partial charge >= 0.3 is 0 Å². The molecule has 0 spiro atoms. The molecule has 0 aromatic heterocycles. The summed E-state index contributed by atoms with van der Waals surface area (Å²) in [6, 6.07) is 10.3. The SMILES string of the molecule is CCN1CCN(CC=Cc2ccccc2)CCC1=O. The minimum absolute atomic E-state index is 0.289. The summed E-state index contributed by atoms with van der Waals surface area (Å²) in [5.74, 6) is 0.289. The maximum absolute atomic E-state index is 11.8. The summed E-state index contributed by atoms with van der Waals surface area (Å²) in [5.41, 5.74) is 1.23. The molecule has 1 aliphatic rings. The highest BCUT2D eigenvalue weighted by atomic mass is 16.2. The zero-order valence-electron chi connectivity index (χ0n) is 11.6. The summed E-state index contributed by atoms with van der Waals surface area (Å²) >= 11 is 0. The van der Waals surface area contributed by atoms with E-state index in [9.17, 15) is 4.79 Å². The number of nitrogens with zero attached hydrogens (tertiary/aromatic N) is 2. The van der Waals surface area contributed by atoms with E-state index < -0.39 is 0 Å². The molecule has 1 heterocycles. The highest BCUT2D eigenvalue weighted by Crippen LogP contribution is 2.06. The van der Waals surface area contributed by atoms with E-state index in [0.29, 0.717) is 6.42 Å². The van der Waals surface area contributed by atoms with E-state index in [-0.39, 0.29) is 5.91 Å².